The summed E-state index contributed by atoms with van der Waals surface area (Å²) in [6.45, 7) is 0.466. The number of benzene rings is 3. The second kappa shape index (κ2) is 8.84. The molecule has 3 aromatic carbocycles. The van der Waals surface area contributed by atoms with Gasteiger partial charge >= 0.3 is 0 Å². The molecule has 5 heteroatoms. The Morgan fingerprint density at radius 3 is 2.23 bits per heavy atom. The highest BCUT2D eigenvalue weighted by Gasteiger charge is 2.09. The Labute approximate surface area is 162 Å². The maximum Gasteiger partial charge on any atom is 0.156 e. The van der Waals surface area contributed by atoms with Gasteiger partial charge < -0.3 is 14.6 Å². The maximum absolute atomic E-state index is 9.43. The van der Waals surface area contributed by atoms with Gasteiger partial charge in [0.1, 0.15) is 17.2 Å². The van der Waals surface area contributed by atoms with Gasteiger partial charge in [0.2, 0.25) is 0 Å². The van der Waals surface area contributed by atoms with E-state index in [-0.39, 0.29) is 5.75 Å². The highest BCUT2D eigenvalue weighted by atomic mass is 35.5. The van der Waals surface area contributed by atoms with Crippen LogP contribution in [-0.4, -0.2) is 11.7 Å². The molecule has 0 aromatic heterocycles. The zero-order valence-corrected chi connectivity index (χ0v) is 15.5. The molecule has 0 aliphatic carbocycles. The Bertz CT molecular complexity index is 843. The van der Waals surface area contributed by atoms with Gasteiger partial charge in [-0.1, -0.05) is 53.5 Å². The van der Waals surface area contributed by atoms with E-state index >= 15 is 0 Å². The molecule has 0 spiro atoms. The lowest BCUT2D eigenvalue weighted by Gasteiger charge is -2.11. The van der Waals surface area contributed by atoms with E-state index in [0.717, 1.165) is 29.9 Å². The van der Waals surface area contributed by atoms with Gasteiger partial charge in [-0.2, -0.15) is 0 Å². The molecule has 0 heterocycles. The molecule has 0 saturated carbocycles. The average Bonchev–Trinajstić information content (AvgIpc) is 2.61. The highest BCUT2D eigenvalue weighted by Crippen LogP contribution is 2.36. The summed E-state index contributed by atoms with van der Waals surface area (Å²) in [7, 11) is 0. The molecule has 0 unspecified atom stereocenters. The zero-order valence-electron chi connectivity index (χ0n) is 14.0. The van der Waals surface area contributed by atoms with Gasteiger partial charge in [0.25, 0.3) is 0 Å². The minimum atomic E-state index is 0.0163. The SMILES string of the molecule is Oc1cc(Cl)c(OCCCc2cccc(Oc3ccccc3)c2)c(Cl)c1. The number of hydrogen-bond donors (Lipinski definition) is 1. The summed E-state index contributed by atoms with van der Waals surface area (Å²) in [6.07, 6.45) is 1.63. The van der Waals surface area contributed by atoms with Gasteiger partial charge in [0.15, 0.2) is 5.75 Å². The number of halogens is 2. The number of ether oxygens (including phenoxy) is 2. The number of phenolic OH excluding ortho intramolecular Hbond substituents is 1. The van der Waals surface area contributed by atoms with Crippen LogP contribution in [0.2, 0.25) is 10.0 Å². The molecule has 3 nitrogen and oxygen atoms in total. The Morgan fingerprint density at radius 1 is 0.808 bits per heavy atom. The molecular weight excluding hydrogens is 371 g/mol. The predicted octanol–water partition coefficient (Wildman–Crippen LogP) is 6.50. The molecule has 0 atom stereocenters. The van der Waals surface area contributed by atoms with Crippen LogP contribution in [0.3, 0.4) is 0 Å². The zero-order chi connectivity index (χ0) is 18.4. The van der Waals surface area contributed by atoms with Crippen LogP contribution in [-0.2, 0) is 6.42 Å². The van der Waals surface area contributed by atoms with E-state index in [1.807, 2.05) is 48.5 Å². The van der Waals surface area contributed by atoms with Crippen molar-refractivity contribution in [2.45, 2.75) is 12.8 Å². The molecule has 134 valence electrons. The van der Waals surface area contributed by atoms with Crippen LogP contribution in [0, 0.1) is 0 Å². The van der Waals surface area contributed by atoms with Gasteiger partial charge in [-0.05, 0) is 42.7 Å². The molecule has 0 fully saturated rings. The van der Waals surface area contributed by atoms with Gasteiger partial charge in [0.05, 0.1) is 16.7 Å². The molecule has 0 saturated heterocycles. The van der Waals surface area contributed by atoms with E-state index in [1.54, 1.807) is 0 Å². The third kappa shape index (κ3) is 5.07. The lowest BCUT2D eigenvalue weighted by Crippen LogP contribution is -2.00. The third-order valence-corrected chi connectivity index (χ3v) is 4.28. The number of hydrogen-bond acceptors (Lipinski definition) is 3. The van der Waals surface area contributed by atoms with Gasteiger partial charge in [-0.15, -0.1) is 0 Å². The fraction of sp³-hybridized carbons (Fsp3) is 0.143. The second-order valence-electron chi connectivity index (χ2n) is 5.75. The second-order valence-corrected chi connectivity index (χ2v) is 6.57. The minimum absolute atomic E-state index is 0.0163. The largest absolute Gasteiger partial charge is 0.508 e. The van der Waals surface area contributed by atoms with Crippen molar-refractivity contribution in [1.82, 2.24) is 0 Å². The van der Waals surface area contributed by atoms with E-state index in [1.165, 1.54) is 12.1 Å². The molecule has 0 radical (unpaired) electrons. The van der Waals surface area contributed by atoms with E-state index in [4.69, 9.17) is 32.7 Å². The van der Waals surface area contributed by atoms with Crippen LogP contribution in [0.4, 0.5) is 0 Å². The van der Waals surface area contributed by atoms with E-state index < -0.39 is 0 Å². The average molecular weight is 389 g/mol. The van der Waals surface area contributed by atoms with Crippen molar-refractivity contribution in [3.8, 4) is 23.0 Å². The summed E-state index contributed by atoms with van der Waals surface area (Å²) in [6, 6.07) is 20.5. The molecule has 3 aromatic rings. The summed E-state index contributed by atoms with van der Waals surface area (Å²) < 4.78 is 11.5. The van der Waals surface area contributed by atoms with Crippen molar-refractivity contribution >= 4 is 23.2 Å². The molecule has 26 heavy (non-hydrogen) atoms. The van der Waals surface area contributed by atoms with Crippen molar-refractivity contribution in [3.63, 3.8) is 0 Å². The normalized spacial score (nSPS) is 10.5. The first-order valence-corrected chi connectivity index (χ1v) is 9.00. The third-order valence-electron chi connectivity index (χ3n) is 3.72. The van der Waals surface area contributed by atoms with Crippen LogP contribution in [0.15, 0.2) is 66.7 Å². The maximum atomic E-state index is 9.43. The first kappa shape index (κ1) is 18.4. The fourth-order valence-electron chi connectivity index (χ4n) is 2.52. The smallest absolute Gasteiger partial charge is 0.156 e. The summed E-state index contributed by atoms with van der Waals surface area (Å²) in [5.74, 6) is 2.03. The first-order chi connectivity index (χ1) is 12.6. The number of aromatic hydroxyl groups is 1. The van der Waals surface area contributed by atoms with Crippen molar-refractivity contribution in [2.24, 2.45) is 0 Å². The van der Waals surface area contributed by atoms with Crippen LogP contribution in [0.5, 0.6) is 23.0 Å². The Balaban J connectivity index is 1.53. The van der Waals surface area contributed by atoms with E-state index in [9.17, 15) is 5.11 Å². The Hall–Kier alpha value is -2.36. The fourth-order valence-corrected chi connectivity index (χ4v) is 3.11. The Morgan fingerprint density at radius 2 is 1.50 bits per heavy atom. The monoisotopic (exact) mass is 388 g/mol. The van der Waals surface area contributed by atoms with Gasteiger partial charge in [0, 0.05) is 12.1 Å². The van der Waals surface area contributed by atoms with Crippen LogP contribution >= 0.6 is 23.2 Å². The number of aryl methyl sites for hydroxylation is 1. The summed E-state index contributed by atoms with van der Waals surface area (Å²) in [5.41, 5.74) is 1.16. The van der Waals surface area contributed by atoms with Crippen molar-refractivity contribution in [1.29, 1.82) is 0 Å². The van der Waals surface area contributed by atoms with Crippen LogP contribution < -0.4 is 9.47 Å². The topological polar surface area (TPSA) is 38.7 Å². The van der Waals surface area contributed by atoms with Crippen molar-refractivity contribution in [2.75, 3.05) is 6.61 Å². The molecule has 0 amide bonds. The number of phenols is 1. The predicted molar refractivity (Wildman–Crippen MR) is 105 cm³/mol. The summed E-state index contributed by atoms with van der Waals surface area (Å²) >= 11 is 12.1. The van der Waals surface area contributed by atoms with Gasteiger partial charge in [-0.25, -0.2) is 0 Å². The Kier molecular flexibility index (Phi) is 6.26. The highest BCUT2D eigenvalue weighted by molar-refractivity contribution is 6.37. The van der Waals surface area contributed by atoms with Crippen LogP contribution in [0.1, 0.15) is 12.0 Å². The molecule has 0 bridgehead atoms. The summed E-state index contributed by atoms with van der Waals surface area (Å²) in [5, 5.41) is 10.0. The van der Waals surface area contributed by atoms with E-state index in [2.05, 4.69) is 6.07 Å². The number of rotatable bonds is 7. The lowest BCUT2D eigenvalue weighted by molar-refractivity contribution is 0.311. The first-order valence-electron chi connectivity index (χ1n) is 8.24. The van der Waals surface area contributed by atoms with Crippen molar-refractivity contribution in [3.05, 3.63) is 82.3 Å². The molecule has 3 rings (SSSR count). The van der Waals surface area contributed by atoms with Gasteiger partial charge in [-0.3, -0.25) is 0 Å². The van der Waals surface area contributed by atoms with Crippen LogP contribution in [0.25, 0.3) is 0 Å². The molecular formula is C21H18Cl2O3. The molecule has 0 aliphatic rings. The molecule has 1 N–H and O–H groups in total. The molecule has 0 aliphatic heterocycles. The quantitative estimate of drug-likeness (QED) is 0.469. The van der Waals surface area contributed by atoms with E-state index in [0.29, 0.717) is 22.4 Å². The number of para-hydroxylation sites is 1. The minimum Gasteiger partial charge on any atom is -0.508 e. The lowest BCUT2D eigenvalue weighted by atomic mass is 10.1. The van der Waals surface area contributed by atoms with Crippen molar-refractivity contribution < 1.29 is 14.6 Å². The standard InChI is InChI=1S/C21H18Cl2O3/c22-19-13-16(24)14-20(23)21(19)25-11-5-7-15-6-4-10-18(12-15)26-17-8-2-1-3-9-17/h1-4,6,8-10,12-14,24H,5,7,11H2. The summed E-state index contributed by atoms with van der Waals surface area (Å²) in [4.78, 5) is 0.